The number of amides is 1. The third kappa shape index (κ3) is 4.80. The molecule has 0 bridgehead atoms. The summed E-state index contributed by atoms with van der Waals surface area (Å²) in [5, 5.41) is 2.56. The van der Waals surface area contributed by atoms with Crippen LogP contribution < -0.4 is 5.32 Å². The summed E-state index contributed by atoms with van der Waals surface area (Å²) in [6, 6.07) is 5.03. The molecule has 3 aromatic rings. The number of halogens is 6. The monoisotopic (exact) mass is 481 g/mol. The lowest BCUT2D eigenvalue weighted by atomic mass is 10.0. The minimum Gasteiger partial charge on any atom is -0.368 e. The van der Waals surface area contributed by atoms with Gasteiger partial charge in [0.1, 0.15) is 17.7 Å². The molecule has 1 N–H and O–H groups in total. The molecule has 12 heteroatoms. The predicted octanol–water partition coefficient (Wildman–Crippen LogP) is 4.66. The molecular weight excluding hydrogens is 464 g/mol. The number of hydrogen-bond donors (Lipinski definition) is 1. The average molecular weight is 481 g/mol. The zero-order chi connectivity index (χ0) is 24.5. The normalized spacial score (nSPS) is 17.6. The topological polar surface area (TPSA) is 71.0 Å². The van der Waals surface area contributed by atoms with Gasteiger partial charge in [-0.1, -0.05) is 0 Å². The Labute approximate surface area is 189 Å². The summed E-state index contributed by atoms with van der Waals surface area (Å²) in [4.78, 5) is 25.9. The van der Waals surface area contributed by atoms with Crippen molar-refractivity contribution in [3.05, 3.63) is 71.9 Å². The van der Waals surface area contributed by atoms with Crippen LogP contribution in [0.25, 0.3) is 11.4 Å². The molecule has 178 valence electrons. The number of anilines is 1. The van der Waals surface area contributed by atoms with Crippen LogP contribution in [0.3, 0.4) is 0 Å². The second-order valence-corrected chi connectivity index (χ2v) is 7.60. The standard InChI is InChI=1S/C22H17F6N5O/c23-14-3-4-15(19-29-7-1-8-30-19)16(10-14)20(34)33-9-6-21(24,25)17(33)12-32-18-5-2-13(11-31-18)22(26,27)28/h1-5,7-8,10-11,17H,6,9,12H2,(H,31,32). The Balaban J connectivity index is 1.58. The van der Waals surface area contributed by atoms with Crippen molar-refractivity contribution in [2.45, 2.75) is 24.6 Å². The smallest absolute Gasteiger partial charge is 0.368 e. The second-order valence-electron chi connectivity index (χ2n) is 7.60. The number of carbonyl (C=O) groups excluding carboxylic acids is 1. The molecule has 1 aliphatic rings. The van der Waals surface area contributed by atoms with Gasteiger partial charge in [-0.05, 0) is 36.4 Å². The van der Waals surface area contributed by atoms with Crippen molar-refractivity contribution < 1.29 is 31.1 Å². The highest BCUT2D eigenvalue weighted by atomic mass is 19.4. The maximum absolute atomic E-state index is 14.7. The van der Waals surface area contributed by atoms with Crippen molar-refractivity contribution in [2.75, 3.05) is 18.4 Å². The Kier molecular flexibility index (Phi) is 6.15. The van der Waals surface area contributed by atoms with Crippen molar-refractivity contribution in [3.63, 3.8) is 0 Å². The number of aromatic nitrogens is 3. The lowest BCUT2D eigenvalue weighted by molar-refractivity contribution is -0.137. The first-order chi connectivity index (χ1) is 16.1. The molecule has 1 fully saturated rings. The fourth-order valence-corrected chi connectivity index (χ4v) is 3.67. The van der Waals surface area contributed by atoms with Crippen LogP contribution in [-0.4, -0.2) is 50.8 Å². The molecule has 0 saturated carbocycles. The van der Waals surface area contributed by atoms with E-state index in [-0.39, 0.29) is 29.3 Å². The van der Waals surface area contributed by atoms with Crippen LogP contribution in [0.15, 0.2) is 55.0 Å². The summed E-state index contributed by atoms with van der Waals surface area (Å²) >= 11 is 0. The lowest BCUT2D eigenvalue weighted by Crippen LogP contribution is -2.47. The van der Waals surface area contributed by atoms with E-state index in [1.54, 1.807) is 6.07 Å². The number of rotatable bonds is 5. The van der Waals surface area contributed by atoms with E-state index in [1.165, 1.54) is 18.5 Å². The minimum absolute atomic E-state index is 0.0628. The van der Waals surface area contributed by atoms with Gasteiger partial charge in [-0.3, -0.25) is 4.79 Å². The summed E-state index contributed by atoms with van der Waals surface area (Å²) in [5.41, 5.74) is -0.984. The summed E-state index contributed by atoms with van der Waals surface area (Å²) < 4.78 is 81.4. The fourth-order valence-electron chi connectivity index (χ4n) is 3.67. The number of pyridine rings is 1. The van der Waals surface area contributed by atoms with E-state index in [0.29, 0.717) is 6.20 Å². The number of hydrogen-bond acceptors (Lipinski definition) is 5. The first-order valence-corrected chi connectivity index (χ1v) is 10.1. The Bertz CT molecular complexity index is 1170. The number of alkyl halides is 5. The Morgan fingerprint density at radius 1 is 1.12 bits per heavy atom. The summed E-state index contributed by atoms with van der Waals surface area (Å²) in [5.74, 6) is -4.80. The Morgan fingerprint density at radius 2 is 1.85 bits per heavy atom. The zero-order valence-electron chi connectivity index (χ0n) is 17.4. The van der Waals surface area contributed by atoms with Gasteiger partial charge in [-0.25, -0.2) is 28.1 Å². The van der Waals surface area contributed by atoms with Crippen LogP contribution in [0, 0.1) is 5.82 Å². The molecule has 1 aliphatic heterocycles. The van der Waals surface area contributed by atoms with Crippen LogP contribution in [0.2, 0.25) is 0 Å². The summed E-state index contributed by atoms with van der Waals surface area (Å²) in [7, 11) is 0. The molecular formula is C22H17F6N5O. The van der Waals surface area contributed by atoms with Crippen LogP contribution in [0.4, 0.5) is 32.2 Å². The van der Waals surface area contributed by atoms with Crippen molar-refractivity contribution in [1.82, 2.24) is 19.9 Å². The molecule has 0 aliphatic carbocycles. The SMILES string of the molecule is O=C(c1cc(F)ccc1-c1ncccn1)N1CCC(F)(F)C1CNc1ccc(C(F)(F)F)cn1. The first-order valence-electron chi connectivity index (χ1n) is 10.1. The van der Waals surface area contributed by atoms with Gasteiger partial charge in [0.2, 0.25) is 0 Å². The molecule has 3 heterocycles. The number of carbonyl (C=O) groups is 1. The molecule has 6 nitrogen and oxygen atoms in total. The van der Waals surface area contributed by atoms with E-state index in [2.05, 4.69) is 20.3 Å². The van der Waals surface area contributed by atoms with Gasteiger partial charge in [0, 0.05) is 43.7 Å². The summed E-state index contributed by atoms with van der Waals surface area (Å²) in [6.45, 7) is -0.784. The lowest BCUT2D eigenvalue weighted by Gasteiger charge is -2.28. The number of nitrogens with zero attached hydrogens (tertiary/aromatic N) is 4. The molecule has 4 rings (SSSR count). The van der Waals surface area contributed by atoms with Crippen LogP contribution in [0.1, 0.15) is 22.3 Å². The van der Waals surface area contributed by atoms with Gasteiger partial charge in [-0.15, -0.1) is 0 Å². The second kappa shape index (κ2) is 8.92. The van der Waals surface area contributed by atoms with Gasteiger partial charge in [0.15, 0.2) is 5.82 Å². The highest BCUT2D eigenvalue weighted by molar-refractivity contribution is 6.00. The van der Waals surface area contributed by atoms with Crippen molar-refractivity contribution in [3.8, 4) is 11.4 Å². The van der Waals surface area contributed by atoms with E-state index < -0.39 is 48.4 Å². The van der Waals surface area contributed by atoms with Crippen LogP contribution in [-0.2, 0) is 6.18 Å². The minimum atomic E-state index is -4.58. The van der Waals surface area contributed by atoms with Gasteiger partial charge in [0.25, 0.3) is 11.8 Å². The van der Waals surface area contributed by atoms with E-state index >= 15 is 0 Å². The first kappa shape index (κ1) is 23.5. The third-order valence-electron chi connectivity index (χ3n) is 5.40. The van der Waals surface area contributed by atoms with Gasteiger partial charge < -0.3 is 10.2 Å². The van der Waals surface area contributed by atoms with Crippen molar-refractivity contribution >= 4 is 11.7 Å². The summed E-state index contributed by atoms with van der Waals surface area (Å²) in [6.07, 6.45) is -1.78. The molecule has 2 aromatic heterocycles. The maximum Gasteiger partial charge on any atom is 0.417 e. The Morgan fingerprint density at radius 3 is 2.50 bits per heavy atom. The predicted molar refractivity (Wildman–Crippen MR) is 110 cm³/mol. The maximum atomic E-state index is 14.7. The van der Waals surface area contributed by atoms with E-state index in [9.17, 15) is 31.1 Å². The van der Waals surface area contributed by atoms with Crippen LogP contribution in [0.5, 0.6) is 0 Å². The molecule has 1 saturated heterocycles. The molecule has 1 amide bonds. The quantitative estimate of drug-likeness (QED) is 0.537. The number of likely N-dealkylation sites (tertiary alicyclic amines) is 1. The van der Waals surface area contributed by atoms with Crippen molar-refractivity contribution in [1.29, 1.82) is 0 Å². The molecule has 34 heavy (non-hydrogen) atoms. The Hall–Kier alpha value is -3.70. The van der Waals surface area contributed by atoms with E-state index in [1.807, 2.05) is 0 Å². The number of nitrogens with one attached hydrogen (secondary N) is 1. The molecule has 1 atom stereocenters. The van der Waals surface area contributed by atoms with Gasteiger partial charge in [-0.2, -0.15) is 13.2 Å². The van der Waals surface area contributed by atoms with E-state index in [4.69, 9.17) is 0 Å². The number of benzene rings is 1. The highest BCUT2D eigenvalue weighted by Gasteiger charge is 2.51. The molecule has 1 unspecified atom stereocenters. The third-order valence-corrected chi connectivity index (χ3v) is 5.40. The fraction of sp³-hybridized carbons (Fsp3) is 0.273. The van der Waals surface area contributed by atoms with E-state index in [0.717, 1.165) is 29.2 Å². The molecule has 0 radical (unpaired) electrons. The molecule has 0 spiro atoms. The van der Waals surface area contributed by atoms with Gasteiger partial charge >= 0.3 is 6.18 Å². The largest absolute Gasteiger partial charge is 0.417 e. The highest BCUT2D eigenvalue weighted by Crippen LogP contribution is 2.36. The zero-order valence-corrected chi connectivity index (χ0v) is 17.4. The van der Waals surface area contributed by atoms with Crippen molar-refractivity contribution in [2.24, 2.45) is 0 Å². The van der Waals surface area contributed by atoms with Crippen LogP contribution >= 0.6 is 0 Å². The average Bonchev–Trinajstić information content (AvgIpc) is 3.11. The van der Waals surface area contributed by atoms with Gasteiger partial charge in [0.05, 0.1) is 11.1 Å². The molecule has 1 aromatic carbocycles.